The van der Waals surface area contributed by atoms with Crippen LogP contribution < -0.4 is 17.0 Å². The van der Waals surface area contributed by atoms with Gasteiger partial charge < -0.3 is 10.3 Å². The monoisotopic (exact) mass is 405 g/mol. The highest BCUT2D eigenvalue weighted by atomic mass is 16.6. The van der Waals surface area contributed by atoms with E-state index in [4.69, 9.17) is 5.73 Å². The highest BCUT2D eigenvalue weighted by Gasteiger charge is 2.22. The molecule has 0 radical (unpaired) electrons. The smallest absolute Gasteiger partial charge is 0.330 e. The number of anilines is 1. The minimum absolute atomic E-state index is 0.0487. The first-order chi connectivity index (χ1) is 14.2. The molecular formula is C21H19N5O4. The molecule has 0 aliphatic carbocycles. The Kier molecular flexibility index (Phi) is 4.30. The summed E-state index contributed by atoms with van der Waals surface area (Å²) in [5.41, 5.74) is 8.01. The largest absolute Gasteiger partial charge is 0.399 e. The lowest BCUT2D eigenvalue weighted by atomic mass is 10.1. The molecule has 2 N–H and O–H groups in total. The third-order valence-corrected chi connectivity index (χ3v) is 5.29. The summed E-state index contributed by atoms with van der Waals surface area (Å²) in [5, 5.41) is 11.8. The maximum absolute atomic E-state index is 13.1. The van der Waals surface area contributed by atoms with E-state index >= 15 is 0 Å². The van der Waals surface area contributed by atoms with Gasteiger partial charge in [0.15, 0.2) is 0 Å². The molecule has 2 heterocycles. The average Bonchev–Trinajstić information content (AvgIpc) is 3.12. The fraction of sp³-hybridized carbons (Fsp3) is 0.143. The molecule has 30 heavy (non-hydrogen) atoms. The first kappa shape index (κ1) is 19.2. The van der Waals surface area contributed by atoms with E-state index in [0.717, 1.165) is 4.57 Å². The van der Waals surface area contributed by atoms with Gasteiger partial charge in [-0.3, -0.25) is 24.0 Å². The van der Waals surface area contributed by atoms with Gasteiger partial charge in [-0.15, -0.1) is 0 Å². The van der Waals surface area contributed by atoms with E-state index in [1.54, 1.807) is 61.1 Å². The molecular weight excluding hydrogens is 386 g/mol. The number of nitro benzene ring substituents is 1. The Hall–Kier alpha value is -4.14. The van der Waals surface area contributed by atoms with Gasteiger partial charge in [-0.25, -0.2) is 4.79 Å². The van der Waals surface area contributed by atoms with Crippen molar-refractivity contribution in [3.8, 4) is 16.9 Å². The molecule has 0 amide bonds. The number of nitrogens with two attached hydrogens (primary N) is 1. The number of hydrogen-bond acceptors (Lipinski definition) is 5. The summed E-state index contributed by atoms with van der Waals surface area (Å²) in [7, 11) is 2.99. The number of nitrogen functional groups attached to an aromatic ring is 1. The maximum Gasteiger partial charge on any atom is 0.330 e. The summed E-state index contributed by atoms with van der Waals surface area (Å²) in [4.78, 5) is 36.5. The predicted molar refractivity (Wildman–Crippen MR) is 115 cm³/mol. The van der Waals surface area contributed by atoms with Crippen molar-refractivity contribution < 1.29 is 4.92 Å². The van der Waals surface area contributed by atoms with Crippen LogP contribution >= 0.6 is 0 Å². The van der Waals surface area contributed by atoms with Crippen LogP contribution in [0, 0.1) is 17.0 Å². The fourth-order valence-corrected chi connectivity index (χ4v) is 3.62. The van der Waals surface area contributed by atoms with Gasteiger partial charge in [0.05, 0.1) is 21.5 Å². The number of hydrogen-bond donors (Lipinski definition) is 1. The highest BCUT2D eigenvalue weighted by Crippen LogP contribution is 2.34. The lowest BCUT2D eigenvalue weighted by Gasteiger charge is -2.11. The van der Waals surface area contributed by atoms with Crippen molar-refractivity contribution in [3.63, 3.8) is 0 Å². The standard InChI is InChI=1S/C21H19N5O4/c1-12-4-5-13(10-16(12)26(29)30)19-18-17(23(2)21(28)24(3)20(18)27)11-25(19)15-8-6-14(22)7-9-15/h4-11H,22H2,1-3H3. The normalized spacial score (nSPS) is 11.2. The van der Waals surface area contributed by atoms with Crippen LogP contribution in [-0.2, 0) is 14.1 Å². The molecule has 9 nitrogen and oxygen atoms in total. The van der Waals surface area contributed by atoms with E-state index < -0.39 is 16.2 Å². The van der Waals surface area contributed by atoms with Crippen LogP contribution in [0.4, 0.5) is 11.4 Å². The van der Waals surface area contributed by atoms with E-state index in [-0.39, 0.29) is 5.69 Å². The molecule has 0 saturated heterocycles. The molecule has 0 bridgehead atoms. The van der Waals surface area contributed by atoms with E-state index in [1.165, 1.54) is 17.7 Å². The summed E-state index contributed by atoms with van der Waals surface area (Å²) in [6, 6.07) is 11.8. The van der Waals surface area contributed by atoms with Gasteiger partial charge in [-0.1, -0.05) is 12.1 Å². The first-order valence-electron chi connectivity index (χ1n) is 9.13. The number of rotatable bonds is 3. The minimum atomic E-state index is -0.472. The second kappa shape index (κ2) is 6.73. The van der Waals surface area contributed by atoms with Gasteiger partial charge in [0.2, 0.25) is 0 Å². The predicted octanol–water partition coefficient (Wildman–Crippen LogP) is 2.49. The molecule has 4 aromatic rings. The zero-order valence-corrected chi connectivity index (χ0v) is 16.6. The SMILES string of the molecule is Cc1ccc(-c2c3c(=O)n(C)c(=O)n(C)c3cn2-c2ccc(N)cc2)cc1[N+](=O)[O-]. The number of benzene rings is 2. The molecule has 0 fully saturated rings. The van der Waals surface area contributed by atoms with Crippen molar-refractivity contribution in [1.29, 1.82) is 0 Å². The fourth-order valence-electron chi connectivity index (χ4n) is 3.62. The number of nitro groups is 1. The molecule has 152 valence electrons. The molecule has 0 unspecified atom stereocenters. The van der Waals surface area contributed by atoms with Crippen molar-refractivity contribution in [2.45, 2.75) is 6.92 Å². The Morgan fingerprint density at radius 2 is 1.67 bits per heavy atom. The summed E-state index contributed by atoms with van der Waals surface area (Å²) in [6.07, 6.45) is 1.69. The third kappa shape index (κ3) is 2.79. The lowest BCUT2D eigenvalue weighted by molar-refractivity contribution is -0.385. The van der Waals surface area contributed by atoms with Gasteiger partial charge in [0.1, 0.15) is 0 Å². The molecule has 4 rings (SSSR count). The Morgan fingerprint density at radius 1 is 1.00 bits per heavy atom. The lowest BCUT2D eigenvalue weighted by Crippen LogP contribution is -2.36. The second-order valence-corrected chi connectivity index (χ2v) is 7.16. The molecule has 0 aliphatic rings. The van der Waals surface area contributed by atoms with Crippen LogP contribution in [-0.4, -0.2) is 18.6 Å². The molecule has 0 saturated carbocycles. The van der Waals surface area contributed by atoms with E-state index in [0.29, 0.717) is 39.1 Å². The average molecular weight is 405 g/mol. The first-order valence-corrected chi connectivity index (χ1v) is 9.13. The van der Waals surface area contributed by atoms with Gasteiger partial charge in [0.25, 0.3) is 11.2 Å². The van der Waals surface area contributed by atoms with Gasteiger partial charge in [-0.05, 0) is 31.2 Å². The van der Waals surface area contributed by atoms with Crippen LogP contribution in [0.2, 0.25) is 0 Å². The van der Waals surface area contributed by atoms with Gasteiger partial charge in [0, 0.05) is 48.9 Å². The molecule has 9 heteroatoms. The Labute approximate surface area is 170 Å². The summed E-state index contributed by atoms with van der Waals surface area (Å²) in [6.45, 7) is 1.65. The van der Waals surface area contributed by atoms with Crippen molar-refractivity contribution in [1.82, 2.24) is 13.7 Å². The topological polar surface area (TPSA) is 118 Å². The summed E-state index contributed by atoms with van der Waals surface area (Å²) in [5.74, 6) is 0. The van der Waals surface area contributed by atoms with Crippen LogP contribution in [0.25, 0.3) is 27.8 Å². The van der Waals surface area contributed by atoms with Gasteiger partial charge in [-0.2, -0.15) is 0 Å². The van der Waals surface area contributed by atoms with E-state index in [9.17, 15) is 19.7 Å². The Bertz CT molecular complexity index is 1440. The summed E-state index contributed by atoms with van der Waals surface area (Å²) >= 11 is 0. The molecule has 2 aromatic carbocycles. The zero-order chi connectivity index (χ0) is 21.7. The van der Waals surface area contributed by atoms with Crippen LogP contribution in [0.5, 0.6) is 0 Å². The van der Waals surface area contributed by atoms with Crippen molar-refractivity contribution in [2.75, 3.05) is 5.73 Å². The van der Waals surface area contributed by atoms with Crippen LogP contribution in [0.1, 0.15) is 5.56 Å². The van der Waals surface area contributed by atoms with Crippen LogP contribution in [0.15, 0.2) is 58.3 Å². The molecule has 0 atom stereocenters. The third-order valence-electron chi connectivity index (χ3n) is 5.29. The number of aromatic nitrogens is 3. The maximum atomic E-state index is 13.1. The molecule has 0 spiro atoms. The molecule has 0 aliphatic heterocycles. The summed E-state index contributed by atoms with van der Waals surface area (Å²) < 4.78 is 4.16. The quantitative estimate of drug-likeness (QED) is 0.319. The van der Waals surface area contributed by atoms with Crippen LogP contribution in [0.3, 0.4) is 0 Å². The van der Waals surface area contributed by atoms with Crippen molar-refractivity contribution in [3.05, 3.63) is 85.2 Å². The number of aryl methyl sites for hydroxylation is 2. The van der Waals surface area contributed by atoms with Crippen molar-refractivity contribution >= 4 is 22.3 Å². The number of nitrogens with zero attached hydrogens (tertiary/aromatic N) is 4. The van der Waals surface area contributed by atoms with E-state index in [1.807, 2.05) is 0 Å². The molecule has 2 aromatic heterocycles. The highest BCUT2D eigenvalue weighted by molar-refractivity contribution is 5.95. The second-order valence-electron chi connectivity index (χ2n) is 7.16. The minimum Gasteiger partial charge on any atom is -0.399 e. The van der Waals surface area contributed by atoms with Crippen molar-refractivity contribution in [2.24, 2.45) is 14.1 Å². The Morgan fingerprint density at radius 3 is 2.30 bits per heavy atom. The Balaban J connectivity index is 2.19. The number of fused-ring (bicyclic) bond motifs is 1. The van der Waals surface area contributed by atoms with Gasteiger partial charge >= 0.3 is 5.69 Å². The zero-order valence-electron chi connectivity index (χ0n) is 16.6. The van der Waals surface area contributed by atoms with E-state index in [2.05, 4.69) is 0 Å².